The molecule has 1 aliphatic rings. The van der Waals surface area contributed by atoms with E-state index < -0.39 is 0 Å². The second kappa shape index (κ2) is 4.57. The van der Waals surface area contributed by atoms with Gasteiger partial charge in [0.15, 0.2) is 0 Å². The first-order chi connectivity index (χ1) is 7.85. The quantitative estimate of drug-likeness (QED) is 0.410. The molecule has 0 spiro atoms. The highest BCUT2D eigenvalue weighted by Gasteiger charge is 2.26. The summed E-state index contributed by atoms with van der Waals surface area (Å²) in [6, 6.07) is 7.41. The van der Waals surface area contributed by atoms with Gasteiger partial charge in [0.05, 0.1) is 12.1 Å². The number of azide groups is 2. The average molecular weight is 214 g/mol. The molecular formula is C10H10N6. The van der Waals surface area contributed by atoms with Gasteiger partial charge >= 0.3 is 0 Å². The molecule has 0 aliphatic heterocycles. The summed E-state index contributed by atoms with van der Waals surface area (Å²) in [6.07, 6.45) is 1.29. The van der Waals surface area contributed by atoms with E-state index in [-0.39, 0.29) is 12.1 Å². The molecule has 0 radical (unpaired) electrons. The van der Waals surface area contributed by atoms with Crippen LogP contribution in [0.1, 0.15) is 11.1 Å². The summed E-state index contributed by atoms with van der Waals surface area (Å²) in [5.41, 5.74) is 19.3. The van der Waals surface area contributed by atoms with Crippen molar-refractivity contribution in [2.45, 2.75) is 24.9 Å². The summed E-state index contributed by atoms with van der Waals surface area (Å²) < 4.78 is 0. The first kappa shape index (κ1) is 10.4. The minimum atomic E-state index is -0.268. The van der Waals surface area contributed by atoms with Gasteiger partial charge in [-0.25, -0.2) is 0 Å². The molecule has 0 N–H and O–H groups in total. The van der Waals surface area contributed by atoms with Crippen LogP contribution in [0.2, 0.25) is 0 Å². The molecule has 1 aromatic rings. The summed E-state index contributed by atoms with van der Waals surface area (Å²) in [6.45, 7) is 0. The van der Waals surface area contributed by atoms with E-state index in [1.165, 1.54) is 11.1 Å². The Labute approximate surface area is 92.2 Å². The van der Waals surface area contributed by atoms with E-state index in [2.05, 4.69) is 20.1 Å². The van der Waals surface area contributed by atoms with Crippen molar-refractivity contribution in [2.24, 2.45) is 10.2 Å². The Bertz CT molecular complexity index is 439. The maximum Gasteiger partial charge on any atom is 0.0502 e. The van der Waals surface area contributed by atoms with E-state index >= 15 is 0 Å². The van der Waals surface area contributed by atoms with Gasteiger partial charge in [-0.1, -0.05) is 34.5 Å². The first-order valence-corrected chi connectivity index (χ1v) is 5.00. The van der Waals surface area contributed by atoms with Crippen molar-refractivity contribution in [1.29, 1.82) is 0 Å². The first-order valence-electron chi connectivity index (χ1n) is 5.00. The third-order valence-electron chi connectivity index (χ3n) is 2.82. The van der Waals surface area contributed by atoms with Gasteiger partial charge in [0.2, 0.25) is 0 Å². The Morgan fingerprint density at radius 2 is 1.38 bits per heavy atom. The Kier molecular flexibility index (Phi) is 2.96. The monoisotopic (exact) mass is 214 g/mol. The highest BCUT2D eigenvalue weighted by atomic mass is 15.2. The van der Waals surface area contributed by atoms with Crippen molar-refractivity contribution < 1.29 is 0 Å². The molecule has 0 saturated heterocycles. The summed E-state index contributed by atoms with van der Waals surface area (Å²) in [7, 11) is 0. The second-order valence-corrected chi connectivity index (χ2v) is 3.72. The largest absolute Gasteiger partial charge is 0.0898 e. The van der Waals surface area contributed by atoms with E-state index in [1.54, 1.807) is 0 Å². The number of nitrogens with zero attached hydrogens (tertiary/aromatic N) is 6. The van der Waals surface area contributed by atoms with Crippen molar-refractivity contribution in [3.05, 3.63) is 56.3 Å². The molecular weight excluding hydrogens is 204 g/mol. The number of fused-ring (bicyclic) bond motifs is 1. The van der Waals surface area contributed by atoms with Gasteiger partial charge in [-0.2, -0.15) is 0 Å². The molecule has 2 rings (SSSR count). The fraction of sp³-hybridized carbons (Fsp3) is 0.400. The standard InChI is InChI=1S/C10H10N6/c11-15-13-9-5-7-3-1-2-4-8(7)6-10(9)14-16-12/h1-4,9-10H,5-6H2/t9-,10-/m1/s1. The van der Waals surface area contributed by atoms with E-state index in [0.29, 0.717) is 12.8 Å². The lowest BCUT2D eigenvalue weighted by molar-refractivity contribution is 0.489. The van der Waals surface area contributed by atoms with Crippen molar-refractivity contribution in [2.75, 3.05) is 0 Å². The number of hydrogen-bond acceptors (Lipinski definition) is 2. The highest BCUT2D eigenvalue weighted by Crippen LogP contribution is 2.25. The molecule has 0 unspecified atom stereocenters. The third kappa shape index (κ3) is 1.93. The van der Waals surface area contributed by atoms with Gasteiger partial charge in [0.25, 0.3) is 0 Å². The Morgan fingerprint density at radius 1 is 0.938 bits per heavy atom. The lowest BCUT2D eigenvalue weighted by Gasteiger charge is -2.26. The van der Waals surface area contributed by atoms with Crippen LogP contribution in [-0.2, 0) is 12.8 Å². The van der Waals surface area contributed by atoms with Gasteiger partial charge in [0.1, 0.15) is 0 Å². The Hall–Kier alpha value is -2.16. The summed E-state index contributed by atoms with van der Waals surface area (Å²) in [5, 5.41) is 7.40. The van der Waals surface area contributed by atoms with Crippen LogP contribution in [0.15, 0.2) is 34.5 Å². The van der Waals surface area contributed by atoms with Crippen molar-refractivity contribution >= 4 is 0 Å². The number of hydrogen-bond donors (Lipinski definition) is 0. The molecule has 0 heterocycles. The Morgan fingerprint density at radius 3 is 1.75 bits per heavy atom. The lowest BCUT2D eigenvalue weighted by atomic mass is 9.85. The van der Waals surface area contributed by atoms with Crippen LogP contribution >= 0.6 is 0 Å². The number of rotatable bonds is 2. The van der Waals surface area contributed by atoms with Crippen LogP contribution in [0.5, 0.6) is 0 Å². The minimum absolute atomic E-state index is 0.268. The average Bonchev–Trinajstić information content (AvgIpc) is 2.30. The molecule has 2 atom stereocenters. The van der Waals surface area contributed by atoms with Gasteiger partial charge in [-0.05, 0) is 35.0 Å². The predicted molar refractivity (Wildman–Crippen MR) is 59.7 cm³/mol. The van der Waals surface area contributed by atoms with E-state index in [4.69, 9.17) is 11.1 Å². The zero-order valence-electron chi connectivity index (χ0n) is 8.56. The molecule has 6 heteroatoms. The SMILES string of the molecule is [N-]=[N+]=N[C@@H]1Cc2ccccc2C[C@H]1N=[N+]=[N-]. The lowest BCUT2D eigenvalue weighted by Crippen LogP contribution is -2.31. The molecule has 16 heavy (non-hydrogen) atoms. The van der Waals surface area contributed by atoms with Crippen LogP contribution in [0, 0.1) is 0 Å². The summed E-state index contributed by atoms with van der Waals surface area (Å²) >= 11 is 0. The highest BCUT2D eigenvalue weighted by molar-refractivity contribution is 5.32. The van der Waals surface area contributed by atoms with Crippen molar-refractivity contribution in [3.63, 3.8) is 0 Å². The van der Waals surface area contributed by atoms with Crippen LogP contribution in [0.3, 0.4) is 0 Å². The molecule has 0 aromatic heterocycles. The fourth-order valence-electron chi connectivity index (χ4n) is 2.05. The van der Waals surface area contributed by atoms with Gasteiger partial charge in [-0.15, -0.1) is 0 Å². The van der Waals surface area contributed by atoms with Crippen LogP contribution in [-0.4, -0.2) is 12.1 Å². The smallest absolute Gasteiger partial charge is 0.0502 e. The van der Waals surface area contributed by atoms with Crippen LogP contribution in [0.4, 0.5) is 0 Å². The summed E-state index contributed by atoms with van der Waals surface area (Å²) in [4.78, 5) is 5.61. The number of benzene rings is 1. The predicted octanol–water partition coefficient (Wildman–Crippen LogP) is 3.14. The van der Waals surface area contributed by atoms with Gasteiger partial charge in [0, 0.05) is 9.82 Å². The maximum atomic E-state index is 8.48. The molecule has 6 nitrogen and oxygen atoms in total. The van der Waals surface area contributed by atoms with E-state index in [1.807, 2.05) is 24.3 Å². The maximum absolute atomic E-state index is 8.48. The molecule has 1 aliphatic carbocycles. The molecule has 1 aromatic carbocycles. The minimum Gasteiger partial charge on any atom is -0.0898 e. The Balaban J connectivity index is 2.36. The normalized spacial score (nSPS) is 22.5. The van der Waals surface area contributed by atoms with Gasteiger partial charge in [-0.3, -0.25) is 0 Å². The summed E-state index contributed by atoms with van der Waals surface area (Å²) in [5.74, 6) is 0. The van der Waals surface area contributed by atoms with Crippen molar-refractivity contribution in [1.82, 2.24) is 0 Å². The molecule has 0 amide bonds. The second-order valence-electron chi connectivity index (χ2n) is 3.72. The molecule has 0 fully saturated rings. The molecule has 0 saturated carbocycles. The van der Waals surface area contributed by atoms with E-state index in [0.717, 1.165) is 0 Å². The molecule has 0 bridgehead atoms. The zero-order chi connectivity index (χ0) is 11.4. The fourth-order valence-corrected chi connectivity index (χ4v) is 2.05. The third-order valence-corrected chi connectivity index (χ3v) is 2.82. The van der Waals surface area contributed by atoms with E-state index in [9.17, 15) is 0 Å². The van der Waals surface area contributed by atoms with Crippen LogP contribution in [0.25, 0.3) is 20.9 Å². The van der Waals surface area contributed by atoms with Crippen LogP contribution < -0.4 is 0 Å². The molecule has 80 valence electrons. The topological polar surface area (TPSA) is 97.5 Å². The van der Waals surface area contributed by atoms with Crippen molar-refractivity contribution in [3.8, 4) is 0 Å². The zero-order valence-corrected chi connectivity index (χ0v) is 8.56. The van der Waals surface area contributed by atoms with Gasteiger partial charge < -0.3 is 0 Å².